The van der Waals surface area contributed by atoms with E-state index in [1.165, 1.54) is 0 Å². The fourth-order valence-electron chi connectivity index (χ4n) is 1.74. The van der Waals surface area contributed by atoms with Crippen molar-refractivity contribution in [2.24, 2.45) is 0 Å². The molecule has 0 aliphatic carbocycles. The van der Waals surface area contributed by atoms with Crippen molar-refractivity contribution >= 4 is 17.6 Å². The van der Waals surface area contributed by atoms with Gasteiger partial charge in [0.1, 0.15) is 5.75 Å². The number of rotatable bonds is 5. The molecule has 4 heteroatoms. The summed E-state index contributed by atoms with van der Waals surface area (Å²) in [6.45, 7) is -0.342. The number of ether oxygens (including phenoxy) is 1. The number of hydrogen-bond donors (Lipinski definition) is 1. The van der Waals surface area contributed by atoms with E-state index in [9.17, 15) is 4.79 Å². The Morgan fingerprint density at radius 3 is 2.47 bits per heavy atom. The van der Waals surface area contributed by atoms with Gasteiger partial charge in [0.2, 0.25) is 0 Å². The Labute approximate surface area is 116 Å². The molecule has 2 aromatic rings. The second kappa shape index (κ2) is 6.25. The lowest BCUT2D eigenvalue weighted by Gasteiger charge is -2.07. The lowest BCUT2D eigenvalue weighted by molar-refractivity contribution is -0.139. The molecule has 98 valence electrons. The van der Waals surface area contributed by atoms with Gasteiger partial charge in [-0.3, -0.25) is 0 Å². The van der Waals surface area contributed by atoms with Crippen LogP contribution < -0.4 is 4.74 Å². The van der Waals surface area contributed by atoms with Crippen LogP contribution in [-0.2, 0) is 10.7 Å². The standard InChI is InChI=1S/C15H13ClO3/c16-9-11-3-1-4-12(7-11)13-5-2-6-14(8-13)19-10-15(17)18/h1-8H,9-10H2,(H,17,18). The Bertz CT molecular complexity index is 581. The summed E-state index contributed by atoms with van der Waals surface area (Å²) in [6, 6.07) is 15.2. The van der Waals surface area contributed by atoms with Crippen molar-refractivity contribution in [3.05, 3.63) is 54.1 Å². The Balaban J connectivity index is 2.24. The van der Waals surface area contributed by atoms with E-state index in [0.29, 0.717) is 11.6 Å². The fourth-order valence-corrected chi connectivity index (χ4v) is 1.91. The van der Waals surface area contributed by atoms with Crippen LogP contribution in [0.15, 0.2) is 48.5 Å². The molecule has 0 fully saturated rings. The number of carboxylic acids is 1. The molecule has 2 aromatic carbocycles. The zero-order chi connectivity index (χ0) is 13.7. The van der Waals surface area contributed by atoms with Crippen molar-refractivity contribution in [1.82, 2.24) is 0 Å². The molecule has 0 spiro atoms. The highest BCUT2D eigenvalue weighted by atomic mass is 35.5. The van der Waals surface area contributed by atoms with Crippen LogP contribution in [0.4, 0.5) is 0 Å². The minimum Gasteiger partial charge on any atom is -0.482 e. The van der Waals surface area contributed by atoms with Gasteiger partial charge in [-0.05, 0) is 34.9 Å². The van der Waals surface area contributed by atoms with Crippen molar-refractivity contribution in [3.8, 4) is 16.9 Å². The molecule has 0 atom stereocenters. The largest absolute Gasteiger partial charge is 0.482 e. The first-order valence-corrected chi connectivity index (χ1v) is 6.32. The van der Waals surface area contributed by atoms with Gasteiger partial charge < -0.3 is 9.84 Å². The first kappa shape index (κ1) is 13.4. The van der Waals surface area contributed by atoms with Gasteiger partial charge in [0.05, 0.1) is 0 Å². The van der Waals surface area contributed by atoms with Gasteiger partial charge >= 0.3 is 5.97 Å². The van der Waals surface area contributed by atoms with Gasteiger partial charge in [-0.1, -0.05) is 30.3 Å². The third-order valence-corrected chi connectivity index (χ3v) is 2.92. The number of benzene rings is 2. The van der Waals surface area contributed by atoms with E-state index >= 15 is 0 Å². The summed E-state index contributed by atoms with van der Waals surface area (Å²) in [5, 5.41) is 8.59. The van der Waals surface area contributed by atoms with Crippen molar-refractivity contribution in [1.29, 1.82) is 0 Å². The maximum atomic E-state index is 10.5. The molecule has 0 bridgehead atoms. The fraction of sp³-hybridized carbons (Fsp3) is 0.133. The second-order valence-corrected chi connectivity index (χ2v) is 4.31. The lowest BCUT2D eigenvalue weighted by Crippen LogP contribution is -2.09. The second-order valence-electron chi connectivity index (χ2n) is 4.04. The Hall–Kier alpha value is -2.00. The average molecular weight is 277 g/mol. The molecule has 2 rings (SSSR count). The van der Waals surface area contributed by atoms with Crippen LogP contribution in [0.5, 0.6) is 5.75 Å². The average Bonchev–Trinajstić information content (AvgIpc) is 2.45. The number of carbonyl (C=O) groups is 1. The molecule has 0 aliphatic rings. The zero-order valence-corrected chi connectivity index (χ0v) is 10.9. The number of carboxylic acid groups (broad SMARTS) is 1. The number of hydrogen-bond acceptors (Lipinski definition) is 2. The van der Waals surface area contributed by atoms with Crippen molar-refractivity contribution in [3.63, 3.8) is 0 Å². The van der Waals surface area contributed by atoms with E-state index in [2.05, 4.69) is 0 Å². The van der Waals surface area contributed by atoms with Crippen LogP contribution in [0, 0.1) is 0 Å². The van der Waals surface area contributed by atoms with Gasteiger partial charge in [0, 0.05) is 5.88 Å². The highest BCUT2D eigenvalue weighted by Crippen LogP contribution is 2.25. The molecule has 3 nitrogen and oxygen atoms in total. The summed E-state index contributed by atoms with van der Waals surface area (Å²) >= 11 is 5.81. The molecule has 0 amide bonds. The maximum Gasteiger partial charge on any atom is 0.341 e. The normalized spacial score (nSPS) is 10.2. The summed E-state index contributed by atoms with van der Waals surface area (Å²) in [5.41, 5.74) is 3.03. The molecule has 0 saturated heterocycles. The molecule has 19 heavy (non-hydrogen) atoms. The summed E-state index contributed by atoms with van der Waals surface area (Å²) in [4.78, 5) is 10.5. The van der Waals surface area contributed by atoms with E-state index in [1.54, 1.807) is 6.07 Å². The lowest BCUT2D eigenvalue weighted by atomic mass is 10.0. The van der Waals surface area contributed by atoms with Crippen LogP contribution in [0.25, 0.3) is 11.1 Å². The van der Waals surface area contributed by atoms with Gasteiger partial charge in [-0.2, -0.15) is 0 Å². The Kier molecular flexibility index (Phi) is 4.42. The van der Waals surface area contributed by atoms with E-state index < -0.39 is 5.97 Å². The van der Waals surface area contributed by atoms with Crippen molar-refractivity contribution in [2.45, 2.75) is 5.88 Å². The molecular formula is C15H13ClO3. The van der Waals surface area contributed by atoms with Gasteiger partial charge in [0.15, 0.2) is 6.61 Å². The summed E-state index contributed by atoms with van der Waals surface area (Å²) < 4.78 is 5.16. The monoisotopic (exact) mass is 276 g/mol. The minimum absolute atomic E-state index is 0.342. The highest BCUT2D eigenvalue weighted by Gasteiger charge is 2.03. The first-order chi connectivity index (χ1) is 9.19. The number of halogens is 1. The van der Waals surface area contributed by atoms with Gasteiger partial charge in [-0.15, -0.1) is 11.6 Å². The van der Waals surface area contributed by atoms with Crippen LogP contribution in [-0.4, -0.2) is 17.7 Å². The van der Waals surface area contributed by atoms with Crippen molar-refractivity contribution in [2.75, 3.05) is 6.61 Å². The molecule has 1 N–H and O–H groups in total. The third kappa shape index (κ3) is 3.73. The minimum atomic E-state index is -0.991. The molecule has 0 unspecified atom stereocenters. The van der Waals surface area contributed by atoms with E-state index in [0.717, 1.165) is 16.7 Å². The SMILES string of the molecule is O=C(O)COc1cccc(-c2cccc(CCl)c2)c1. The first-order valence-electron chi connectivity index (χ1n) is 5.79. The summed E-state index contributed by atoms with van der Waals surface area (Å²) in [7, 11) is 0. The summed E-state index contributed by atoms with van der Waals surface area (Å²) in [5.74, 6) is 0.00831. The summed E-state index contributed by atoms with van der Waals surface area (Å²) in [6.07, 6.45) is 0. The predicted octanol–water partition coefficient (Wildman–Crippen LogP) is 3.56. The third-order valence-electron chi connectivity index (χ3n) is 2.61. The van der Waals surface area contributed by atoms with Crippen molar-refractivity contribution < 1.29 is 14.6 Å². The molecular weight excluding hydrogens is 264 g/mol. The predicted molar refractivity (Wildman–Crippen MR) is 74.6 cm³/mol. The van der Waals surface area contributed by atoms with Gasteiger partial charge in [-0.25, -0.2) is 4.79 Å². The highest BCUT2D eigenvalue weighted by molar-refractivity contribution is 6.17. The van der Waals surface area contributed by atoms with E-state index in [4.69, 9.17) is 21.4 Å². The number of aliphatic carboxylic acids is 1. The van der Waals surface area contributed by atoms with Crippen LogP contribution >= 0.6 is 11.6 Å². The Morgan fingerprint density at radius 1 is 1.11 bits per heavy atom. The topological polar surface area (TPSA) is 46.5 Å². The molecule has 0 aromatic heterocycles. The van der Waals surface area contributed by atoms with Crippen LogP contribution in [0.1, 0.15) is 5.56 Å². The van der Waals surface area contributed by atoms with E-state index in [-0.39, 0.29) is 6.61 Å². The number of alkyl halides is 1. The van der Waals surface area contributed by atoms with Gasteiger partial charge in [0.25, 0.3) is 0 Å². The smallest absolute Gasteiger partial charge is 0.341 e. The molecule has 0 saturated carbocycles. The van der Waals surface area contributed by atoms with E-state index in [1.807, 2.05) is 42.5 Å². The quantitative estimate of drug-likeness (QED) is 0.850. The zero-order valence-electron chi connectivity index (χ0n) is 10.2. The maximum absolute atomic E-state index is 10.5. The molecule has 0 aliphatic heterocycles. The molecule has 0 radical (unpaired) electrons. The molecule has 0 heterocycles. The Morgan fingerprint density at radius 2 is 1.79 bits per heavy atom. The van der Waals surface area contributed by atoms with Crippen LogP contribution in [0.2, 0.25) is 0 Å². The van der Waals surface area contributed by atoms with Crippen LogP contribution in [0.3, 0.4) is 0 Å².